The second-order valence-corrected chi connectivity index (χ2v) is 6.21. The summed E-state index contributed by atoms with van der Waals surface area (Å²) in [6.07, 6.45) is 1.50. The Morgan fingerprint density at radius 1 is 1.33 bits per heavy atom. The number of halogens is 1. The van der Waals surface area contributed by atoms with Crippen molar-refractivity contribution in [1.29, 1.82) is 0 Å². The lowest BCUT2D eigenvalue weighted by Gasteiger charge is -2.33. The molecule has 2 aromatic rings. The molecule has 1 aromatic carbocycles. The number of carbonyl (C=O) groups is 1. The van der Waals surface area contributed by atoms with Crippen LogP contribution in [0, 0.1) is 25.6 Å². The number of aromatic nitrogens is 2. The molecule has 1 aromatic heterocycles. The second kappa shape index (κ2) is 6.55. The van der Waals surface area contributed by atoms with Crippen molar-refractivity contribution >= 4 is 11.8 Å². The highest BCUT2D eigenvalue weighted by Crippen LogP contribution is 2.28. The van der Waals surface area contributed by atoms with Gasteiger partial charge < -0.3 is 10.0 Å². The summed E-state index contributed by atoms with van der Waals surface area (Å²) < 4.78 is 13.5. The smallest absolute Gasteiger partial charge is 0.308 e. The van der Waals surface area contributed by atoms with Crippen molar-refractivity contribution in [3.8, 4) is 11.4 Å². The van der Waals surface area contributed by atoms with E-state index in [1.807, 2.05) is 18.7 Å². The molecule has 2 heterocycles. The highest BCUT2D eigenvalue weighted by molar-refractivity contribution is 5.71. The molecule has 1 atom stereocenters. The van der Waals surface area contributed by atoms with Gasteiger partial charge in [-0.05, 0) is 38.8 Å². The standard InChI is InChI=1S/C18H20FN3O2/c1-11-12(2)20-16(13-5-3-7-15(19)9-13)21-17(11)22-8-4-6-14(10-22)18(23)24/h3,5,7,9,14H,4,6,8,10H2,1-2H3,(H,23,24). The summed E-state index contributed by atoms with van der Waals surface area (Å²) in [5, 5.41) is 9.29. The number of carboxylic acid groups (broad SMARTS) is 1. The normalized spacial score (nSPS) is 17.8. The van der Waals surface area contributed by atoms with E-state index in [2.05, 4.69) is 9.97 Å². The van der Waals surface area contributed by atoms with E-state index in [-0.39, 0.29) is 11.7 Å². The number of hydrogen-bond donors (Lipinski definition) is 1. The van der Waals surface area contributed by atoms with Gasteiger partial charge in [0, 0.05) is 29.9 Å². The Morgan fingerprint density at radius 3 is 2.83 bits per heavy atom. The lowest BCUT2D eigenvalue weighted by molar-refractivity contribution is -0.141. The van der Waals surface area contributed by atoms with Crippen LogP contribution in [0.2, 0.25) is 0 Å². The van der Waals surface area contributed by atoms with Gasteiger partial charge >= 0.3 is 5.97 Å². The Bertz CT molecular complexity index is 779. The van der Waals surface area contributed by atoms with E-state index in [1.165, 1.54) is 12.1 Å². The minimum atomic E-state index is -0.770. The van der Waals surface area contributed by atoms with Crippen LogP contribution >= 0.6 is 0 Å². The molecule has 0 bridgehead atoms. The van der Waals surface area contributed by atoms with Gasteiger partial charge in [0.05, 0.1) is 5.92 Å². The largest absolute Gasteiger partial charge is 0.481 e. The number of piperidine rings is 1. The third kappa shape index (κ3) is 3.22. The fraction of sp³-hybridized carbons (Fsp3) is 0.389. The topological polar surface area (TPSA) is 66.3 Å². The summed E-state index contributed by atoms with van der Waals surface area (Å²) in [6, 6.07) is 6.19. The van der Waals surface area contributed by atoms with Crippen molar-refractivity contribution in [3.63, 3.8) is 0 Å². The number of rotatable bonds is 3. The Kier molecular flexibility index (Phi) is 4.46. The number of anilines is 1. The number of carboxylic acids is 1. The number of aryl methyl sites for hydroxylation is 1. The van der Waals surface area contributed by atoms with E-state index in [0.29, 0.717) is 24.4 Å². The molecule has 0 radical (unpaired) electrons. The van der Waals surface area contributed by atoms with Crippen LogP contribution in [0.25, 0.3) is 11.4 Å². The van der Waals surface area contributed by atoms with E-state index in [1.54, 1.807) is 12.1 Å². The van der Waals surface area contributed by atoms with Crippen LogP contribution in [0.3, 0.4) is 0 Å². The van der Waals surface area contributed by atoms with Gasteiger partial charge in [-0.2, -0.15) is 0 Å². The average molecular weight is 329 g/mol. The first-order chi connectivity index (χ1) is 11.5. The molecule has 1 aliphatic rings. The first kappa shape index (κ1) is 16.4. The number of benzene rings is 1. The lowest BCUT2D eigenvalue weighted by atomic mass is 9.98. The third-order valence-corrected chi connectivity index (χ3v) is 4.52. The molecule has 1 aliphatic heterocycles. The maximum Gasteiger partial charge on any atom is 0.308 e. The van der Waals surface area contributed by atoms with Crippen LogP contribution in [0.4, 0.5) is 10.2 Å². The quantitative estimate of drug-likeness (QED) is 0.937. The number of nitrogens with zero attached hydrogens (tertiary/aromatic N) is 3. The van der Waals surface area contributed by atoms with E-state index in [9.17, 15) is 14.3 Å². The van der Waals surface area contributed by atoms with Gasteiger partial charge in [0.1, 0.15) is 11.6 Å². The van der Waals surface area contributed by atoms with Crippen LogP contribution in [0.15, 0.2) is 24.3 Å². The van der Waals surface area contributed by atoms with Gasteiger partial charge in [-0.25, -0.2) is 14.4 Å². The molecule has 0 saturated carbocycles. The van der Waals surface area contributed by atoms with E-state index >= 15 is 0 Å². The van der Waals surface area contributed by atoms with Gasteiger partial charge in [-0.1, -0.05) is 12.1 Å². The molecular formula is C18H20FN3O2. The summed E-state index contributed by atoms with van der Waals surface area (Å²) in [5.41, 5.74) is 2.36. The zero-order valence-corrected chi connectivity index (χ0v) is 13.8. The molecule has 1 N–H and O–H groups in total. The summed E-state index contributed by atoms with van der Waals surface area (Å²) in [4.78, 5) is 22.4. The van der Waals surface area contributed by atoms with Crippen LogP contribution < -0.4 is 4.90 Å². The fourth-order valence-corrected chi connectivity index (χ4v) is 3.05. The zero-order valence-electron chi connectivity index (χ0n) is 13.8. The van der Waals surface area contributed by atoms with E-state index < -0.39 is 5.97 Å². The summed E-state index contributed by atoms with van der Waals surface area (Å²) in [6.45, 7) is 5.03. The average Bonchev–Trinajstić information content (AvgIpc) is 2.57. The van der Waals surface area contributed by atoms with Gasteiger partial charge in [0.15, 0.2) is 5.82 Å². The Balaban J connectivity index is 2.00. The first-order valence-corrected chi connectivity index (χ1v) is 8.04. The summed E-state index contributed by atoms with van der Waals surface area (Å²) in [7, 11) is 0. The summed E-state index contributed by atoms with van der Waals surface area (Å²) >= 11 is 0. The number of aliphatic carboxylic acids is 1. The van der Waals surface area contributed by atoms with Crippen molar-refractivity contribution < 1.29 is 14.3 Å². The van der Waals surface area contributed by atoms with Crippen molar-refractivity contribution in [3.05, 3.63) is 41.3 Å². The Hall–Kier alpha value is -2.50. The molecule has 0 amide bonds. The molecule has 0 spiro atoms. The Labute approximate surface area is 140 Å². The predicted molar refractivity (Wildman–Crippen MR) is 89.5 cm³/mol. The highest BCUT2D eigenvalue weighted by atomic mass is 19.1. The van der Waals surface area contributed by atoms with Gasteiger partial charge in [0.25, 0.3) is 0 Å². The molecule has 6 heteroatoms. The van der Waals surface area contributed by atoms with Crippen molar-refractivity contribution in [2.45, 2.75) is 26.7 Å². The molecule has 126 valence electrons. The fourth-order valence-electron chi connectivity index (χ4n) is 3.05. The molecule has 1 fully saturated rings. The second-order valence-electron chi connectivity index (χ2n) is 6.21. The van der Waals surface area contributed by atoms with Gasteiger partial charge in [0.2, 0.25) is 0 Å². The molecule has 3 rings (SSSR count). The van der Waals surface area contributed by atoms with Crippen molar-refractivity contribution in [2.75, 3.05) is 18.0 Å². The van der Waals surface area contributed by atoms with Crippen LogP contribution in [-0.2, 0) is 4.79 Å². The predicted octanol–water partition coefficient (Wildman–Crippen LogP) is 3.20. The SMILES string of the molecule is Cc1nc(-c2cccc(F)c2)nc(N2CCCC(C(=O)O)C2)c1C. The first-order valence-electron chi connectivity index (χ1n) is 8.04. The highest BCUT2D eigenvalue weighted by Gasteiger charge is 2.27. The minimum Gasteiger partial charge on any atom is -0.481 e. The molecule has 1 saturated heterocycles. The minimum absolute atomic E-state index is 0.334. The van der Waals surface area contributed by atoms with Gasteiger partial charge in [-0.15, -0.1) is 0 Å². The number of hydrogen-bond acceptors (Lipinski definition) is 4. The Morgan fingerprint density at radius 2 is 2.12 bits per heavy atom. The summed E-state index contributed by atoms with van der Waals surface area (Å²) in [5.74, 6) is -0.280. The molecule has 5 nitrogen and oxygen atoms in total. The third-order valence-electron chi connectivity index (χ3n) is 4.52. The van der Waals surface area contributed by atoms with Gasteiger partial charge in [-0.3, -0.25) is 4.79 Å². The lowest BCUT2D eigenvalue weighted by Crippen LogP contribution is -2.39. The van der Waals surface area contributed by atoms with Crippen molar-refractivity contribution in [1.82, 2.24) is 9.97 Å². The zero-order chi connectivity index (χ0) is 17.3. The van der Waals surface area contributed by atoms with Crippen LogP contribution in [0.1, 0.15) is 24.1 Å². The molecular weight excluding hydrogens is 309 g/mol. The maximum absolute atomic E-state index is 13.5. The molecule has 24 heavy (non-hydrogen) atoms. The van der Waals surface area contributed by atoms with E-state index in [0.717, 1.165) is 30.0 Å². The van der Waals surface area contributed by atoms with E-state index in [4.69, 9.17) is 0 Å². The van der Waals surface area contributed by atoms with Crippen molar-refractivity contribution in [2.24, 2.45) is 5.92 Å². The molecule has 1 unspecified atom stereocenters. The van der Waals surface area contributed by atoms with Crippen LogP contribution in [0.5, 0.6) is 0 Å². The van der Waals surface area contributed by atoms with Crippen LogP contribution in [-0.4, -0.2) is 34.1 Å². The molecule has 0 aliphatic carbocycles. The monoisotopic (exact) mass is 329 g/mol. The maximum atomic E-state index is 13.5.